The van der Waals surface area contributed by atoms with Crippen molar-refractivity contribution in [2.75, 3.05) is 25.6 Å². The third kappa shape index (κ3) is 12.5. The lowest BCUT2D eigenvalue weighted by atomic mass is 9.88. The maximum atomic E-state index is 15.0. The van der Waals surface area contributed by atoms with Crippen molar-refractivity contribution in [1.82, 2.24) is 5.48 Å². The number of halogens is 19. The smallest absolute Gasteiger partial charge is 0.460 e. The van der Waals surface area contributed by atoms with Gasteiger partial charge in [0, 0.05) is 25.2 Å². The minimum absolute atomic E-state index is 0.00699. The van der Waals surface area contributed by atoms with E-state index in [9.17, 15) is 84.2 Å². The molecule has 2 atom stereocenters. The second-order valence-electron chi connectivity index (χ2n) is 15.9. The maximum absolute atomic E-state index is 15.0. The molecule has 2 rings (SSSR count). The van der Waals surface area contributed by atoms with Gasteiger partial charge >= 0.3 is 53.7 Å². The number of carbonyl (C=O) groups is 2. The number of hydroxylamine groups is 1. The number of rotatable bonds is 25. The molecule has 0 heterocycles. The van der Waals surface area contributed by atoms with Crippen LogP contribution < -0.4 is 15.5 Å². The molecule has 2 aromatic rings. The van der Waals surface area contributed by atoms with Crippen LogP contribution in [0.1, 0.15) is 65.5 Å². The van der Waals surface area contributed by atoms with Crippen LogP contribution in [0.2, 0.25) is 17.1 Å². The van der Waals surface area contributed by atoms with Gasteiger partial charge in [-0.15, -0.1) is 0 Å². The van der Waals surface area contributed by atoms with E-state index in [1.165, 1.54) is 77.6 Å². The molecule has 0 aliphatic heterocycles. The number of benzene rings is 2. The highest BCUT2D eigenvalue weighted by Gasteiger charge is 2.95. The molecule has 2 aromatic carbocycles. The fourth-order valence-electron chi connectivity index (χ4n) is 6.74. The Kier molecular flexibility index (Phi) is 19.6. The summed E-state index contributed by atoms with van der Waals surface area (Å²) < 4.78 is 286. The molecule has 2 amide bonds. The largest absolute Gasteiger partial charge is 0.491 e. The van der Waals surface area contributed by atoms with E-state index >= 15 is 8.78 Å². The van der Waals surface area contributed by atoms with Crippen molar-refractivity contribution in [2.45, 2.75) is 131 Å². The molecule has 0 saturated carbocycles. The van der Waals surface area contributed by atoms with Crippen LogP contribution in [0.25, 0.3) is 0 Å². The van der Waals surface area contributed by atoms with E-state index in [1.807, 2.05) is 0 Å². The van der Waals surface area contributed by atoms with Gasteiger partial charge in [-0.3, -0.25) is 15.3 Å². The molecule has 3 N–H and O–H groups in total. The van der Waals surface area contributed by atoms with Gasteiger partial charge in [0.15, 0.2) is 14.4 Å². The Morgan fingerprint density at radius 3 is 1.70 bits per heavy atom. The minimum Gasteiger partial charge on any atom is -0.491 e. The number of ether oxygens (including phenoxy) is 3. The molecule has 0 spiro atoms. The van der Waals surface area contributed by atoms with E-state index in [0.29, 0.717) is 6.07 Å². The highest BCUT2D eigenvalue weighted by atomic mass is 28.4. The number of anilines is 1. The highest BCUT2D eigenvalue weighted by Crippen LogP contribution is 2.64. The molecular formula is C40H45F19N2O7Si. The first kappa shape index (κ1) is 60.6. The number of hydrogen-bond donors (Lipinski definition) is 3. The number of methoxy groups -OCH3 is 1. The van der Waals surface area contributed by atoms with Gasteiger partial charge in [0.25, 0.3) is 5.91 Å². The zero-order valence-electron chi connectivity index (χ0n) is 36.7. The average Bonchev–Trinajstić information content (AvgIpc) is 3.24. The number of hydrogen-bond acceptors (Lipinski definition) is 7. The third-order valence-electron chi connectivity index (χ3n) is 10.9. The number of carbonyl (C=O) groups excluding carboxylic acids is 2. The fraction of sp³-hybridized carbons (Fsp3) is 0.600. The summed E-state index contributed by atoms with van der Waals surface area (Å²) >= 11 is 0. The normalized spacial score (nSPS) is 15.0. The first-order valence-corrected chi connectivity index (χ1v) is 22.2. The Bertz CT molecular complexity index is 2060. The molecular weight excluding hydrogens is 1010 g/mol. The second-order valence-corrected chi connectivity index (χ2v) is 20.9. The molecule has 0 aliphatic rings. The summed E-state index contributed by atoms with van der Waals surface area (Å²) in [6.45, 7) is 5.38. The quantitative estimate of drug-likeness (QED) is 0.0227. The molecule has 0 radical (unpaired) electrons. The van der Waals surface area contributed by atoms with Gasteiger partial charge in [0.05, 0.1) is 18.4 Å². The lowest BCUT2D eigenvalue weighted by Crippen LogP contribution is -2.74. The van der Waals surface area contributed by atoms with E-state index in [-0.39, 0.29) is 29.7 Å². The Labute approximate surface area is 381 Å². The monoisotopic (exact) mass is 1050 g/mol. The van der Waals surface area contributed by atoms with Crippen LogP contribution in [0.4, 0.5) is 93.9 Å². The number of amides is 2. The molecule has 0 fully saturated rings. The average molecular weight is 1050 g/mol. The zero-order valence-corrected chi connectivity index (χ0v) is 37.7. The first-order chi connectivity index (χ1) is 31.3. The fourth-order valence-corrected chi connectivity index (χ4v) is 11.2. The second kappa shape index (κ2) is 22.3. The summed E-state index contributed by atoms with van der Waals surface area (Å²) in [6.07, 6.45) is -12.5. The highest BCUT2D eigenvalue weighted by molar-refractivity contribution is 6.76. The molecule has 0 unspecified atom stereocenters. The zero-order chi connectivity index (χ0) is 53.6. The van der Waals surface area contributed by atoms with Gasteiger partial charge in [-0.2, -0.15) is 74.6 Å². The summed E-state index contributed by atoms with van der Waals surface area (Å²) in [5, 5.41) is 11.0. The molecule has 0 aliphatic carbocycles. The first-order valence-electron chi connectivity index (χ1n) is 19.9. The van der Waals surface area contributed by atoms with Crippen molar-refractivity contribution < 1.29 is 117 Å². The SMILES string of the molecule is CO[C@H](CC/C=C(\C)C(=O)NO)[C@H](OC(=O)Nc1ccc(F)cc1F)c1ccc(OCCO[Si](CCC(F)(F)C(F)(F)C(F)(F)C(F)(F)C(F)(F)C(F)(F)C(F)(F)C(F)(F)F)(C(C)C)C(C)C)cc1. The number of alkyl halides is 17. The molecule has 394 valence electrons. The lowest BCUT2D eigenvalue weighted by molar-refractivity contribution is -0.461. The van der Waals surface area contributed by atoms with Gasteiger partial charge in [0.2, 0.25) is 0 Å². The lowest BCUT2D eigenvalue weighted by Gasteiger charge is -2.44. The summed E-state index contributed by atoms with van der Waals surface area (Å²) in [6, 6.07) is 6.08. The summed E-state index contributed by atoms with van der Waals surface area (Å²) in [4.78, 5) is 24.6. The van der Waals surface area contributed by atoms with Crippen LogP contribution in [0, 0.1) is 11.6 Å². The predicted octanol–water partition coefficient (Wildman–Crippen LogP) is 13.1. The molecule has 9 nitrogen and oxygen atoms in total. The molecule has 69 heavy (non-hydrogen) atoms. The van der Waals surface area contributed by atoms with Crippen LogP contribution in [0.5, 0.6) is 5.75 Å². The number of allylic oxidation sites excluding steroid dienone is 1. The minimum atomic E-state index is -8.73. The third-order valence-corrected chi connectivity index (χ3v) is 16.6. The van der Waals surface area contributed by atoms with Gasteiger partial charge in [0.1, 0.15) is 24.0 Å². The molecule has 29 heteroatoms. The Morgan fingerprint density at radius 2 is 1.23 bits per heavy atom. The van der Waals surface area contributed by atoms with Crippen molar-refractivity contribution in [3.05, 3.63) is 71.3 Å². The van der Waals surface area contributed by atoms with Crippen LogP contribution in [-0.2, 0) is 18.7 Å². The van der Waals surface area contributed by atoms with Crippen LogP contribution in [0.15, 0.2) is 54.1 Å². The summed E-state index contributed by atoms with van der Waals surface area (Å²) in [5.41, 5.74) is -0.622. The van der Waals surface area contributed by atoms with E-state index in [2.05, 4.69) is 5.32 Å². The molecule has 0 aromatic heterocycles. The van der Waals surface area contributed by atoms with E-state index in [4.69, 9.17) is 23.8 Å². The topological polar surface area (TPSA) is 115 Å². The van der Waals surface area contributed by atoms with Gasteiger partial charge in [-0.1, -0.05) is 45.9 Å². The van der Waals surface area contributed by atoms with Crippen molar-refractivity contribution >= 4 is 26.0 Å². The Morgan fingerprint density at radius 1 is 0.725 bits per heavy atom. The van der Waals surface area contributed by atoms with Gasteiger partial charge in [-0.25, -0.2) is 19.1 Å². The van der Waals surface area contributed by atoms with E-state index in [1.54, 1.807) is 0 Å². The van der Waals surface area contributed by atoms with Gasteiger partial charge < -0.3 is 18.6 Å². The van der Waals surface area contributed by atoms with Crippen molar-refractivity contribution in [1.29, 1.82) is 0 Å². The Hall–Kier alpha value is -4.51. The Balaban J connectivity index is 2.34. The van der Waals surface area contributed by atoms with Crippen LogP contribution in [0.3, 0.4) is 0 Å². The summed E-state index contributed by atoms with van der Waals surface area (Å²) in [5.74, 6) is -60.0. The van der Waals surface area contributed by atoms with Crippen molar-refractivity contribution in [3.8, 4) is 5.75 Å². The van der Waals surface area contributed by atoms with E-state index < -0.39 is 134 Å². The molecule has 0 bridgehead atoms. The van der Waals surface area contributed by atoms with Crippen LogP contribution in [-0.4, -0.2) is 99.6 Å². The van der Waals surface area contributed by atoms with Crippen LogP contribution >= 0.6 is 0 Å². The maximum Gasteiger partial charge on any atom is 0.460 e. The number of nitrogens with one attached hydrogen (secondary N) is 2. The summed E-state index contributed by atoms with van der Waals surface area (Å²) in [7, 11) is -2.85. The van der Waals surface area contributed by atoms with Crippen molar-refractivity contribution in [2.24, 2.45) is 0 Å². The predicted molar refractivity (Wildman–Crippen MR) is 207 cm³/mol. The van der Waals surface area contributed by atoms with Gasteiger partial charge in [-0.05, 0) is 66.7 Å². The standard InChI is InChI=1S/C40H45F19N2O7Si/c1-21(2)69(22(3)4,19-16-33(43,44)34(45,46)35(47,48)36(49,50)37(51,52)38(53,54)39(55,56)40(57,58)59)67-18-17-66-26-13-10-24(11-14-26)30(29(65-6)9-7-8-23(5)31(62)61-64)68-32(63)60-28-15-12-25(41)20-27(28)42/h8,10-15,20-22,29-30,64H,7,9,16-19H2,1-6H3,(H,60,63)(H,61,62)/b23-8+/t29-,30-/m1/s1. The molecule has 0 saturated heterocycles. The van der Waals surface area contributed by atoms with Crippen molar-refractivity contribution in [3.63, 3.8) is 0 Å². The van der Waals surface area contributed by atoms with E-state index in [0.717, 1.165) is 12.1 Å².